The van der Waals surface area contributed by atoms with Crippen LogP contribution in [-0.2, 0) is 14.6 Å². The summed E-state index contributed by atoms with van der Waals surface area (Å²) in [5.74, 6) is 0. The van der Waals surface area contributed by atoms with E-state index in [9.17, 15) is 8.42 Å². The van der Waals surface area contributed by atoms with Gasteiger partial charge in [-0.15, -0.1) is 0 Å². The topological polar surface area (TPSA) is 98.6 Å². The Hall–Kier alpha value is -0.170. The van der Waals surface area contributed by atoms with E-state index < -0.39 is 10.4 Å². The molecule has 0 aliphatic heterocycles. The first-order valence-corrected chi connectivity index (χ1v) is 15.0. The molecule has 5 nitrogen and oxygen atoms in total. The highest BCUT2D eigenvalue weighted by atomic mass is 32.3. The molecule has 0 amide bonds. The van der Waals surface area contributed by atoms with Gasteiger partial charge in [0.1, 0.15) is 0 Å². The molecule has 0 aliphatic carbocycles. The summed E-state index contributed by atoms with van der Waals surface area (Å²) >= 11 is 0. The molecule has 0 atom stereocenters. The van der Waals surface area contributed by atoms with Gasteiger partial charge in [0.15, 0.2) is 0 Å². The van der Waals surface area contributed by atoms with Crippen LogP contribution >= 0.6 is 0 Å². The third-order valence-corrected chi connectivity index (χ3v) is 6.69. The monoisotopic (exact) mass is 479 g/mol. The second kappa shape index (κ2) is 27.1. The van der Waals surface area contributed by atoms with Gasteiger partial charge < -0.3 is 6.15 Å². The molecule has 0 radical (unpaired) electrons. The van der Waals surface area contributed by atoms with Crippen LogP contribution in [0.1, 0.15) is 161 Å². The van der Waals surface area contributed by atoms with Crippen molar-refractivity contribution < 1.29 is 17.2 Å². The van der Waals surface area contributed by atoms with Crippen LogP contribution < -0.4 is 6.15 Å². The Morgan fingerprint density at radius 3 is 0.906 bits per heavy atom. The Morgan fingerprint density at radius 1 is 0.469 bits per heavy atom. The highest BCUT2D eigenvalue weighted by Gasteiger charge is 2.02. The van der Waals surface area contributed by atoms with Gasteiger partial charge in [0.25, 0.3) is 0 Å². The van der Waals surface area contributed by atoms with Crippen molar-refractivity contribution >= 4 is 10.4 Å². The third kappa shape index (κ3) is 32.0. The largest absolute Gasteiger partial charge is 0.397 e. The van der Waals surface area contributed by atoms with Crippen LogP contribution in [0.15, 0.2) is 0 Å². The molecule has 4 N–H and O–H groups in total. The van der Waals surface area contributed by atoms with Gasteiger partial charge in [-0.25, -0.2) is 4.18 Å². The van der Waals surface area contributed by atoms with Crippen molar-refractivity contribution in [2.75, 3.05) is 6.61 Å². The molecular formula is C26H57NO4S. The zero-order valence-corrected chi connectivity index (χ0v) is 22.3. The molecule has 0 rings (SSSR count). The summed E-state index contributed by atoms with van der Waals surface area (Å²) in [6, 6.07) is 0. The lowest BCUT2D eigenvalue weighted by atomic mass is 10.0. The van der Waals surface area contributed by atoms with E-state index >= 15 is 0 Å². The van der Waals surface area contributed by atoms with E-state index in [0.29, 0.717) is 6.42 Å². The van der Waals surface area contributed by atoms with Gasteiger partial charge >= 0.3 is 10.4 Å². The summed E-state index contributed by atoms with van der Waals surface area (Å²) in [5, 5.41) is 0. The van der Waals surface area contributed by atoms with Crippen LogP contribution in [-0.4, -0.2) is 19.6 Å². The van der Waals surface area contributed by atoms with Crippen molar-refractivity contribution in [1.82, 2.24) is 6.15 Å². The van der Waals surface area contributed by atoms with Gasteiger partial charge in [0, 0.05) is 0 Å². The second-order valence-electron chi connectivity index (χ2n) is 9.38. The van der Waals surface area contributed by atoms with Gasteiger partial charge in [0.2, 0.25) is 0 Å². The van der Waals surface area contributed by atoms with Crippen molar-refractivity contribution in [2.24, 2.45) is 0 Å². The highest BCUT2D eigenvalue weighted by molar-refractivity contribution is 7.80. The Bertz CT molecular complexity index is 443. The fourth-order valence-electron chi connectivity index (χ4n) is 4.23. The van der Waals surface area contributed by atoms with Gasteiger partial charge in [-0.05, 0) is 6.42 Å². The minimum atomic E-state index is -4.25. The van der Waals surface area contributed by atoms with E-state index in [2.05, 4.69) is 11.1 Å². The Morgan fingerprint density at radius 2 is 0.688 bits per heavy atom. The van der Waals surface area contributed by atoms with Crippen LogP contribution in [0.25, 0.3) is 0 Å². The fourth-order valence-corrected chi connectivity index (χ4v) is 4.56. The minimum Gasteiger partial charge on any atom is -0.344 e. The minimum absolute atomic E-state index is 0. The van der Waals surface area contributed by atoms with Crippen LogP contribution in [0, 0.1) is 0 Å². The third-order valence-electron chi connectivity index (χ3n) is 6.23. The molecule has 0 saturated carbocycles. The van der Waals surface area contributed by atoms with Gasteiger partial charge in [-0.1, -0.05) is 155 Å². The number of unbranched alkanes of at least 4 members (excludes halogenated alkanes) is 23. The summed E-state index contributed by atoms with van der Waals surface area (Å²) in [5.41, 5.74) is 0. The maximum Gasteiger partial charge on any atom is 0.397 e. The van der Waals surface area contributed by atoms with Crippen molar-refractivity contribution in [1.29, 1.82) is 0 Å². The van der Waals surface area contributed by atoms with Crippen molar-refractivity contribution in [3.8, 4) is 0 Å². The summed E-state index contributed by atoms with van der Waals surface area (Å²) in [6.07, 6.45) is 32.2. The molecule has 32 heavy (non-hydrogen) atoms. The molecule has 0 aromatic heterocycles. The number of hydrogen-bond acceptors (Lipinski definition) is 4. The Balaban J connectivity index is 0. The molecule has 0 bridgehead atoms. The van der Waals surface area contributed by atoms with Crippen molar-refractivity contribution in [3.05, 3.63) is 0 Å². The standard InChI is InChI=1S/C26H54O4S.H3N/c1-2-3-4-5-6-7-8-9-10-11-12-13-14-15-16-17-18-19-20-21-22-23-24-25-26-30-31(27,28)29;/h2-26H2,1H3,(H,27,28,29);1H3. The lowest BCUT2D eigenvalue weighted by Crippen LogP contribution is -2.04. The molecule has 0 aliphatic rings. The van der Waals surface area contributed by atoms with E-state index in [1.165, 1.54) is 135 Å². The smallest absolute Gasteiger partial charge is 0.344 e. The molecule has 0 aromatic rings. The van der Waals surface area contributed by atoms with Gasteiger partial charge in [-0.2, -0.15) is 8.42 Å². The van der Waals surface area contributed by atoms with Gasteiger partial charge in [0.05, 0.1) is 6.61 Å². The van der Waals surface area contributed by atoms with Crippen molar-refractivity contribution in [2.45, 2.75) is 161 Å². The van der Waals surface area contributed by atoms with E-state index in [0.717, 1.165) is 12.8 Å². The lowest BCUT2D eigenvalue weighted by molar-refractivity contribution is 0.261. The molecule has 0 heterocycles. The lowest BCUT2D eigenvalue weighted by Gasteiger charge is -2.04. The summed E-state index contributed by atoms with van der Waals surface area (Å²) in [4.78, 5) is 0. The molecule has 0 unspecified atom stereocenters. The predicted molar refractivity (Wildman–Crippen MR) is 139 cm³/mol. The molecular weight excluding hydrogens is 422 g/mol. The summed E-state index contributed by atoms with van der Waals surface area (Å²) < 4.78 is 33.5. The predicted octanol–water partition coefficient (Wildman–Crippen LogP) is 9.35. The zero-order valence-electron chi connectivity index (χ0n) is 21.5. The van der Waals surface area contributed by atoms with Crippen LogP contribution in [0.4, 0.5) is 0 Å². The maximum absolute atomic E-state index is 10.4. The number of rotatable bonds is 26. The molecule has 0 saturated heterocycles. The van der Waals surface area contributed by atoms with E-state index in [4.69, 9.17) is 4.55 Å². The molecule has 0 aromatic carbocycles. The van der Waals surface area contributed by atoms with E-state index in [1.54, 1.807) is 0 Å². The van der Waals surface area contributed by atoms with Crippen molar-refractivity contribution in [3.63, 3.8) is 0 Å². The maximum atomic E-state index is 10.4. The zero-order chi connectivity index (χ0) is 22.9. The highest BCUT2D eigenvalue weighted by Crippen LogP contribution is 2.15. The normalized spacial score (nSPS) is 11.6. The summed E-state index contributed by atoms with van der Waals surface area (Å²) in [7, 11) is -4.25. The summed E-state index contributed by atoms with van der Waals surface area (Å²) in [6.45, 7) is 2.38. The average molecular weight is 480 g/mol. The van der Waals surface area contributed by atoms with Crippen LogP contribution in [0.5, 0.6) is 0 Å². The number of hydrogen-bond donors (Lipinski definition) is 2. The Kier molecular flexibility index (Phi) is 28.8. The SMILES string of the molecule is CCCCCCCCCCCCCCCCCCCCCCCCCCOS(=O)(=O)O.N. The average Bonchev–Trinajstić information content (AvgIpc) is 2.73. The first-order chi connectivity index (χ1) is 15.1. The van der Waals surface area contributed by atoms with Gasteiger partial charge in [-0.3, -0.25) is 4.55 Å². The quantitative estimate of drug-likeness (QED) is 0.0950. The molecule has 0 fully saturated rings. The molecule has 196 valence electrons. The first kappa shape index (κ1) is 34.0. The molecule has 0 spiro atoms. The fraction of sp³-hybridized carbons (Fsp3) is 1.00. The second-order valence-corrected chi connectivity index (χ2v) is 10.5. The van der Waals surface area contributed by atoms with E-state index in [1.807, 2.05) is 0 Å². The van der Waals surface area contributed by atoms with E-state index in [-0.39, 0.29) is 12.8 Å². The van der Waals surface area contributed by atoms with Crippen LogP contribution in [0.2, 0.25) is 0 Å². The molecule has 6 heteroatoms. The Labute approximate surface area is 201 Å². The van der Waals surface area contributed by atoms with Crippen LogP contribution in [0.3, 0.4) is 0 Å². The first-order valence-electron chi connectivity index (χ1n) is 13.7.